The van der Waals surface area contributed by atoms with Crippen molar-refractivity contribution in [2.45, 2.75) is 12.8 Å². The van der Waals surface area contributed by atoms with E-state index in [-0.39, 0.29) is 0 Å². The van der Waals surface area contributed by atoms with E-state index in [1.807, 2.05) is 61.0 Å². The minimum Gasteiger partial charge on any atom is -0.398 e. The fourth-order valence-electron chi connectivity index (χ4n) is 1.99. The molecule has 0 radical (unpaired) electrons. The molecule has 4 nitrogen and oxygen atoms in total. The summed E-state index contributed by atoms with van der Waals surface area (Å²) in [5.41, 5.74) is 15.2. The van der Waals surface area contributed by atoms with Crippen molar-refractivity contribution in [1.29, 1.82) is 0 Å². The second kappa shape index (κ2) is 8.62. The third kappa shape index (κ3) is 5.05. The lowest BCUT2D eigenvalue weighted by molar-refractivity contribution is 0.760. The SMILES string of the molecule is Nc1ccccc1C=NCCCCN=Cc1ccccc1N. The second-order valence-corrected chi connectivity index (χ2v) is 5.04. The van der Waals surface area contributed by atoms with Crippen LogP contribution >= 0.6 is 0 Å². The summed E-state index contributed by atoms with van der Waals surface area (Å²) >= 11 is 0. The maximum atomic E-state index is 5.85. The first-order valence-corrected chi connectivity index (χ1v) is 7.46. The second-order valence-electron chi connectivity index (χ2n) is 5.04. The van der Waals surface area contributed by atoms with Crippen LogP contribution in [-0.4, -0.2) is 25.5 Å². The topological polar surface area (TPSA) is 76.8 Å². The number of para-hydroxylation sites is 2. The van der Waals surface area contributed by atoms with Crippen LogP contribution in [0.5, 0.6) is 0 Å². The number of nitrogen functional groups attached to an aromatic ring is 2. The first-order chi connectivity index (χ1) is 10.8. The fraction of sp³-hybridized carbons (Fsp3) is 0.222. The number of nitrogens with zero attached hydrogens (tertiary/aromatic N) is 2. The number of aliphatic imine (C=N–C) groups is 2. The molecule has 4 heteroatoms. The van der Waals surface area contributed by atoms with Crippen LogP contribution in [0.4, 0.5) is 11.4 Å². The third-order valence-corrected chi connectivity index (χ3v) is 3.28. The van der Waals surface area contributed by atoms with Crippen LogP contribution in [0.2, 0.25) is 0 Å². The molecule has 2 aromatic rings. The Kier molecular flexibility index (Phi) is 6.18. The summed E-state index contributed by atoms with van der Waals surface area (Å²) < 4.78 is 0. The molecule has 0 unspecified atom stereocenters. The van der Waals surface area contributed by atoms with E-state index in [1.165, 1.54) is 0 Å². The number of nitrogens with two attached hydrogens (primary N) is 2. The Labute approximate surface area is 131 Å². The summed E-state index contributed by atoms with van der Waals surface area (Å²) in [5, 5.41) is 0. The van der Waals surface area contributed by atoms with E-state index in [9.17, 15) is 0 Å². The molecule has 0 heterocycles. The maximum Gasteiger partial charge on any atom is 0.0403 e. The normalized spacial score (nSPS) is 11.5. The molecule has 4 N–H and O–H groups in total. The van der Waals surface area contributed by atoms with Gasteiger partial charge in [0.25, 0.3) is 0 Å². The molecule has 114 valence electrons. The molecule has 0 aliphatic carbocycles. The van der Waals surface area contributed by atoms with E-state index >= 15 is 0 Å². The number of unbranched alkanes of at least 4 members (excludes halogenated alkanes) is 1. The van der Waals surface area contributed by atoms with E-state index in [4.69, 9.17) is 11.5 Å². The minimum absolute atomic E-state index is 0.760. The summed E-state index contributed by atoms with van der Waals surface area (Å²) in [4.78, 5) is 8.79. The molecule has 0 atom stereocenters. The van der Waals surface area contributed by atoms with E-state index < -0.39 is 0 Å². The molecule has 2 aromatic carbocycles. The number of hydrogen-bond acceptors (Lipinski definition) is 4. The predicted molar refractivity (Wildman–Crippen MR) is 95.9 cm³/mol. The minimum atomic E-state index is 0.760. The molecule has 22 heavy (non-hydrogen) atoms. The van der Waals surface area contributed by atoms with Gasteiger partial charge in [0.1, 0.15) is 0 Å². The van der Waals surface area contributed by atoms with Crippen LogP contribution in [0.15, 0.2) is 58.5 Å². The summed E-state index contributed by atoms with van der Waals surface area (Å²) in [5.74, 6) is 0. The Morgan fingerprint density at radius 3 is 1.50 bits per heavy atom. The van der Waals surface area contributed by atoms with Gasteiger partial charge in [-0.05, 0) is 25.0 Å². The van der Waals surface area contributed by atoms with Gasteiger partial charge in [0.15, 0.2) is 0 Å². The van der Waals surface area contributed by atoms with Crippen molar-refractivity contribution in [3.05, 3.63) is 59.7 Å². The Hall–Kier alpha value is -2.62. The molecule has 0 aliphatic heterocycles. The van der Waals surface area contributed by atoms with Crippen molar-refractivity contribution in [2.24, 2.45) is 9.98 Å². The van der Waals surface area contributed by atoms with Crippen LogP contribution in [0.25, 0.3) is 0 Å². The highest BCUT2D eigenvalue weighted by molar-refractivity contribution is 5.87. The van der Waals surface area contributed by atoms with Crippen molar-refractivity contribution < 1.29 is 0 Å². The Morgan fingerprint density at radius 2 is 1.09 bits per heavy atom. The zero-order valence-electron chi connectivity index (χ0n) is 12.7. The average Bonchev–Trinajstić information content (AvgIpc) is 2.53. The fourth-order valence-corrected chi connectivity index (χ4v) is 1.99. The van der Waals surface area contributed by atoms with Crippen molar-refractivity contribution in [3.8, 4) is 0 Å². The molecular formula is C18H22N4. The summed E-state index contributed by atoms with van der Waals surface area (Å²) in [7, 11) is 0. The molecular weight excluding hydrogens is 272 g/mol. The van der Waals surface area contributed by atoms with Gasteiger partial charge in [-0.15, -0.1) is 0 Å². The molecule has 0 bridgehead atoms. The van der Waals surface area contributed by atoms with Crippen molar-refractivity contribution in [1.82, 2.24) is 0 Å². The molecule has 0 saturated carbocycles. The quantitative estimate of drug-likeness (QED) is 0.467. The number of anilines is 2. The number of hydrogen-bond donors (Lipinski definition) is 2. The maximum absolute atomic E-state index is 5.85. The molecule has 0 aromatic heterocycles. The van der Waals surface area contributed by atoms with Crippen LogP contribution < -0.4 is 11.5 Å². The summed E-state index contributed by atoms with van der Waals surface area (Å²) in [6.45, 7) is 1.58. The molecule has 0 saturated heterocycles. The van der Waals surface area contributed by atoms with E-state index in [1.54, 1.807) is 0 Å². The van der Waals surface area contributed by atoms with Crippen LogP contribution in [0, 0.1) is 0 Å². The largest absolute Gasteiger partial charge is 0.398 e. The van der Waals surface area contributed by atoms with Crippen LogP contribution in [0.3, 0.4) is 0 Å². The Balaban J connectivity index is 1.66. The smallest absolute Gasteiger partial charge is 0.0403 e. The molecule has 2 rings (SSSR count). The Morgan fingerprint density at radius 1 is 0.682 bits per heavy atom. The lowest BCUT2D eigenvalue weighted by atomic mass is 10.2. The van der Waals surface area contributed by atoms with Gasteiger partial charge in [-0.25, -0.2) is 0 Å². The molecule has 0 spiro atoms. The van der Waals surface area contributed by atoms with Gasteiger partial charge in [-0.1, -0.05) is 36.4 Å². The van der Waals surface area contributed by atoms with Crippen molar-refractivity contribution >= 4 is 23.8 Å². The van der Waals surface area contributed by atoms with Gasteiger partial charge < -0.3 is 11.5 Å². The molecule has 0 aliphatic rings. The molecule has 0 fully saturated rings. The predicted octanol–water partition coefficient (Wildman–Crippen LogP) is 3.17. The van der Waals surface area contributed by atoms with Crippen LogP contribution in [0.1, 0.15) is 24.0 Å². The van der Waals surface area contributed by atoms with Crippen molar-refractivity contribution in [3.63, 3.8) is 0 Å². The van der Waals surface area contributed by atoms with Gasteiger partial charge in [-0.2, -0.15) is 0 Å². The van der Waals surface area contributed by atoms with Gasteiger partial charge in [-0.3, -0.25) is 9.98 Å². The standard InChI is InChI=1S/C18H22N4/c19-17-9-3-1-7-15(17)13-21-11-5-6-12-22-14-16-8-2-4-10-18(16)20/h1-4,7-10,13-14H,5-6,11-12,19-20H2. The van der Waals surface area contributed by atoms with E-state index in [0.29, 0.717) is 0 Å². The number of benzene rings is 2. The van der Waals surface area contributed by atoms with Crippen LogP contribution in [-0.2, 0) is 0 Å². The highest BCUT2D eigenvalue weighted by atomic mass is 14.7. The summed E-state index contributed by atoms with van der Waals surface area (Å²) in [6, 6.07) is 15.5. The number of rotatable bonds is 7. The van der Waals surface area contributed by atoms with E-state index in [2.05, 4.69) is 9.98 Å². The van der Waals surface area contributed by atoms with E-state index in [0.717, 1.165) is 48.4 Å². The first kappa shape index (κ1) is 15.8. The zero-order valence-corrected chi connectivity index (χ0v) is 12.7. The van der Waals surface area contributed by atoms with Gasteiger partial charge in [0.05, 0.1) is 0 Å². The highest BCUT2D eigenvalue weighted by Crippen LogP contribution is 2.08. The zero-order chi connectivity index (χ0) is 15.6. The first-order valence-electron chi connectivity index (χ1n) is 7.46. The summed E-state index contributed by atoms with van der Waals surface area (Å²) in [6.07, 6.45) is 5.68. The lowest BCUT2D eigenvalue weighted by Crippen LogP contribution is -1.94. The lowest BCUT2D eigenvalue weighted by Gasteiger charge is -1.99. The monoisotopic (exact) mass is 294 g/mol. The van der Waals surface area contributed by atoms with Gasteiger partial charge in [0.2, 0.25) is 0 Å². The van der Waals surface area contributed by atoms with Crippen molar-refractivity contribution in [2.75, 3.05) is 24.6 Å². The average molecular weight is 294 g/mol. The van der Waals surface area contributed by atoms with Gasteiger partial charge in [0, 0.05) is 48.0 Å². The third-order valence-electron chi connectivity index (χ3n) is 3.28. The van der Waals surface area contributed by atoms with Gasteiger partial charge >= 0.3 is 0 Å². The highest BCUT2D eigenvalue weighted by Gasteiger charge is 1.93. The molecule has 0 amide bonds. The Bertz CT molecular complexity index is 590.